The van der Waals surface area contributed by atoms with Crippen molar-refractivity contribution in [1.82, 2.24) is 5.48 Å². The Bertz CT molecular complexity index is 870. The standard InChI is InChI=1S/C20H23NO3S/c1-3-15(2)16-11-13-18(14-12-16)25(22,23)24-21-20-10-6-8-17-7-4-5-9-19(17)20/h4-5,7,9-15,21H,3,6,8H2,1-2H3. The lowest BCUT2D eigenvalue weighted by molar-refractivity contribution is 0.258. The molecule has 2 aromatic rings. The van der Waals surface area contributed by atoms with Crippen molar-refractivity contribution in [2.24, 2.45) is 0 Å². The Labute approximate surface area is 149 Å². The molecule has 4 nitrogen and oxygen atoms in total. The Balaban J connectivity index is 1.73. The van der Waals surface area contributed by atoms with Crippen molar-refractivity contribution in [1.29, 1.82) is 0 Å². The van der Waals surface area contributed by atoms with Crippen molar-refractivity contribution in [2.75, 3.05) is 0 Å². The van der Waals surface area contributed by atoms with Gasteiger partial charge in [-0.1, -0.05) is 56.3 Å². The fraction of sp³-hybridized carbons (Fsp3) is 0.300. The molecule has 1 unspecified atom stereocenters. The second-order valence-corrected chi connectivity index (χ2v) is 7.88. The second-order valence-electron chi connectivity index (χ2n) is 6.33. The average Bonchev–Trinajstić information content (AvgIpc) is 2.66. The second kappa shape index (κ2) is 7.42. The molecule has 0 spiro atoms. The lowest BCUT2D eigenvalue weighted by atomic mass is 9.95. The van der Waals surface area contributed by atoms with Crippen LogP contribution in [0.3, 0.4) is 0 Å². The van der Waals surface area contributed by atoms with E-state index in [1.165, 1.54) is 5.56 Å². The van der Waals surface area contributed by atoms with Crippen molar-refractivity contribution < 1.29 is 12.7 Å². The predicted octanol–water partition coefficient (Wildman–Crippen LogP) is 4.40. The first kappa shape index (κ1) is 17.7. The predicted molar refractivity (Wildman–Crippen MR) is 99.3 cm³/mol. The maximum Gasteiger partial charge on any atom is 0.317 e. The first-order chi connectivity index (χ1) is 12.0. The number of hydrogen-bond donors (Lipinski definition) is 1. The van der Waals surface area contributed by atoms with Gasteiger partial charge in [0.15, 0.2) is 0 Å². The van der Waals surface area contributed by atoms with Crippen molar-refractivity contribution in [2.45, 2.75) is 43.9 Å². The van der Waals surface area contributed by atoms with Crippen LogP contribution in [0.2, 0.25) is 0 Å². The Morgan fingerprint density at radius 2 is 1.84 bits per heavy atom. The number of benzene rings is 2. The lowest BCUT2D eigenvalue weighted by Crippen LogP contribution is -2.21. The minimum atomic E-state index is -3.86. The summed E-state index contributed by atoms with van der Waals surface area (Å²) in [5.41, 5.74) is 6.63. The molecule has 132 valence electrons. The van der Waals surface area contributed by atoms with Crippen LogP contribution in [0.1, 0.15) is 49.3 Å². The molecule has 0 aliphatic heterocycles. The molecule has 0 saturated carbocycles. The molecule has 0 bridgehead atoms. The van der Waals surface area contributed by atoms with E-state index in [1.54, 1.807) is 12.1 Å². The summed E-state index contributed by atoms with van der Waals surface area (Å²) in [5, 5.41) is 0. The van der Waals surface area contributed by atoms with Gasteiger partial charge in [-0.15, -0.1) is 4.28 Å². The van der Waals surface area contributed by atoms with E-state index in [2.05, 4.69) is 19.3 Å². The van der Waals surface area contributed by atoms with Crippen LogP contribution in [-0.2, 0) is 20.8 Å². The Morgan fingerprint density at radius 3 is 2.56 bits per heavy atom. The highest BCUT2D eigenvalue weighted by Crippen LogP contribution is 2.25. The Kier molecular flexibility index (Phi) is 5.25. The van der Waals surface area contributed by atoms with Crippen molar-refractivity contribution in [3.8, 4) is 0 Å². The highest BCUT2D eigenvalue weighted by Gasteiger charge is 2.19. The molecule has 0 heterocycles. The zero-order valence-electron chi connectivity index (χ0n) is 14.5. The zero-order valence-corrected chi connectivity index (χ0v) is 15.3. The van der Waals surface area contributed by atoms with Crippen molar-refractivity contribution in [3.05, 3.63) is 71.3 Å². The molecule has 3 rings (SSSR count). The minimum Gasteiger partial charge on any atom is -0.249 e. The van der Waals surface area contributed by atoms with E-state index in [0.29, 0.717) is 11.6 Å². The molecule has 2 aromatic carbocycles. The van der Waals surface area contributed by atoms with Crippen LogP contribution < -0.4 is 5.48 Å². The zero-order chi connectivity index (χ0) is 17.9. The van der Waals surface area contributed by atoms with Crippen LogP contribution in [0, 0.1) is 0 Å². The molecular formula is C20H23NO3S. The third kappa shape index (κ3) is 3.94. The molecule has 25 heavy (non-hydrogen) atoms. The van der Waals surface area contributed by atoms with Gasteiger partial charge in [-0.25, -0.2) is 5.48 Å². The van der Waals surface area contributed by atoms with Gasteiger partial charge in [0, 0.05) is 5.56 Å². The van der Waals surface area contributed by atoms with Crippen molar-refractivity contribution >= 4 is 15.8 Å². The van der Waals surface area contributed by atoms with Gasteiger partial charge in [0.1, 0.15) is 0 Å². The van der Waals surface area contributed by atoms with E-state index in [-0.39, 0.29) is 4.90 Å². The normalized spacial score (nSPS) is 15.2. The molecule has 0 saturated heterocycles. The first-order valence-electron chi connectivity index (χ1n) is 8.59. The van der Waals surface area contributed by atoms with E-state index >= 15 is 0 Å². The van der Waals surface area contributed by atoms with E-state index in [9.17, 15) is 8.42 Å². The summed E-state index contributed by atoms with van der Waals surface area (Å²) >= 11 is 0. The molecule has 5 heteroatoms. The molecule has 0 radical (unpaired) electrons. The summed E-state index contributed by atoms with van der Waals surface area (Å²) in [7, 11) is -3.86. The SMILES string of the molecule is CCC(C)c1ccc(S(=O)(=O)ONC2=CCCc3ccccc32)cc1. The number of aryl methyl sites for hydroxylation is 1. The van der Waals surface area contributed by atoms with Crippen LogP contribution in [0.15, 0.2) is 59.5 Å². The monoisotopic (exact) mass is 357 g/mol. The molecule has 0 aromatic heterocycles. The topological polar surface area (TPSA) is 55.4 Å². The van der Waals surface area contributed by atoms with E-state index in [0.717, 1.165) is 30.4 Å². The smallest absolute Gasteiger partial charge is 0.249 e. The third-order valence-corrected chi connectivity index (χ3v) is 5.83. The number of nitrogens with one attached hydrogen (secondary N) is 1. The maximum atomic E-state index is 12.4. The molecule has 1 aliphatic rings. The summed E-state index contributed by atoms with van der Waals surface area (Å²) < 4.78 is 29.9. The largest absolute Gasteiger partial charge is 0.317 e. The molecule has 1 atom stereocenters. The summed E-state index contributed by atoms with van der Waals surface area (Å²) in [6.45, 7) is 4.23. The highest BCUT2D eigenvalue weighted by molar-refractivity contribution is 7.86. The fourth-order valence-corrected chi connectivity index (χ4v) is 3.69. The number of fused-ring (bicyclic) bond motifs is 1. The summed E-state index contributed by atoms with van der Waals surface area (Å²) in [4.78, 5) is 0.150. The van der Waals surface area contributed by atoms with Crippen LogP contribution in [-0.4, -0.2) is 8.42 Å². The number of allylic oxidation sites excluding steroid dienone is 1. The average molecular weight is 357 g/mol. The van der Waals surface area contributed by atoms with Crippen molar-refractivity contribution in [3.63, 3.8) is 0 Å². The molecule has 0 amide bonds. The summed E-state index contributed by atoms with van der Waals surface area (Å²) in [6.07, 6.45) is 4.78. The lowest BCUT2D eigenvalue weighted by Gasteiger charge is -2.18. The van der Waals surface area contributed by atoms with Gasteiger partial charge in [-0.2, -0.15) is 8.42 Å². The van der Waals surface area contributed by atoms with Gasteiger partial charge in [-0.05, 0) is 48.4 Å². The van der Waals surface area contributed by atoms with Crippen LogP contribution in [0.4, 0.5) is 0 Å². The van der Waals surface area contributed by atoms with Crippen LogP contribution in [0.25, 0.3) is 5.70 Å². The van der Waals surface area contributed by atoms with Gasteiger partial charge in [0.25, 0.3) is 0 Å². The van der Waals surface area contributed by atoms with Gasteiger partial charge in [0.05, 0.1) is 10.6 Å². The molecule has 1 aliphatic carbocycles. The molecular weight excluding hydrogens is 334 g/mol. The number of rotatable bonds is 6. The van der Waals surface area contributed by atoms with E-state index in [4.69, 9.17) is 4.28 Å². The summed E-state index contributed by atoms with van der Waals surface area (Å²) in [5.74, 6) is 0.402. The highest BCUT2D eigenvalue weighted by atomic mass is 32.2. The quantitative estimate of drug-likeness (QED) is 0.779. The van der Waals surface area contributed by atoms with Crippen LogP contribution >= 0.6 is 0 Å². The van der Waals surface area contributed by atoms with E-state index < -0.39 is 10.1 Å². The maximum absolute atomic E-state index is 12.4. The Morgan fingerprint density at radius 1 is 1.12 bits per heavy atom. The first-order valence-corrected chi connectivity index (χ1v) is 10.00. The van der Waals surface area contributed by atoms with Gasteiger partial charge < -0.3 is 0 Å². The van der Waals surface area contributed by atoms with Crippen LogP contribution in [0.5, 0.6) is 0 Å². The number of hydroxylamine groups is 1. The van der Waals surface area contributed by atoms with Gasteiger partial charge in [0.2, 0.25) is 0 Å². The Hall–Kier alpha value is -2.11. The van der Waals surface area contributed by atoms with Gasteiger partial charge >= 0.3 is 10.1 Å². The van der Waals surface area contributed by atoms with Gasteiger partial charge in [-0.3, -0.25) is 0 Å². The fourth-order valence-electron chi connectivity index (χ4n) is 2.93. The minimum absolute atomic E-state index is 0.150. The van der Waals surface area contributed by atoms with E-state index in [1.807, 2.05) is 42.5 Å². The third-order valence-electron chi connectivity index (χ3n) is 4.68. The number of hydrogen-bond acceptors (Lipinski definition) is 4. The molecule has 0 fully saturated rings. The molecule has 1 N–H and O–H groups in total. The summed E-state index contributed by atoms with van der Waals surface area (Å²) in [6, 6.07) is 14.8.